The molecule has 9 heteroatoms. The summed E-state index contributed by atoms with van der Waals surface area (Å²) in [5, 5.41) is 0.500. The Morgan fingerprint density at radius 1 is 1.12 bits per heavy atom. The third kappa shape index (κ3) is 4.70. The monoisotopic (exact) mass is 421 g/mol. The van der Waals surface area contributed by atoms with Gasteiger partial charge in [-0.2, -0.15) is 4.31 Å². The number of piperazine rings is 1. The highest BCUT2D eigenvalue weighted by Crippen LogP contribution is 2.28. The first-order valence-electron chi connectivity index (χ1n) is 8.67. The summed E-state index contributed by atoms with van der Waals surface area (Å²) in [6.45, 7) is 1.47. The highest BCUT2D eigenvalue weighted by molar-refractivity contribution is 7.89. The Morgan fingerprint density at radius 3 is 2.27 bits per heavy atom. The predicted octanol–water partition coefficient (Wildman–Crippen LogP) is 2.11. The molecule has 2 atom stereocenters. The largest absolute Gasteiger partial charge is 0.340 e. The number of carbonyl (C=O) groups excluding carboxylic acids is 1. The molecule has 2 fully saturated rings. The Balaban J connectivity index is 0.00000243. The van der Waals surface area contributed by atoms with Crippen molar-refractivity contribution < 1.29 is 13.2 Å². The second-order valence-corrected chi connectivity index (χ2v) is 9.17. The van der Waals surface area contributed by atoms with Crippen molar-refractivity contribution in [1.82, 2.24) is 9.21 Å². The van der Waals surface area contributed by atoms with Crippen LogP contribution in [0.25, 0.3) is 0 Å². The number of hydrogen-bond acceptors (Lipinski definition) is 4. The Morgan fingerprint density at radius 2 is 1.73 bits per heavy atom. The van der Waals surface area contributed by atoms with Crippen molar-refractivity contribution >= 4 is 39.9 Å². The first kappa shape index (κ1) is 21.4. The fraction of sp³-hybridized carbons (Fsp3) is 0.588. The molecule has 2 N–H and O–H groups in total. The molecule has 0 spiro atoms. The van der Waals surface area contributed by atoms with Gasteiger partial charge in [-0.25, -0.2) is 8.42 Å². The van der Waals surface area contributed by atoms with Crippen LogP contribution in [-0.4, -0.2) is 55.8 Å². The van der Waals surface area contributed by atoms with Crippen LogP contribution in [0, 0.1) is 5.92 Å². The van der Waals surface area contributed by atoms with E-state index in [1.807, 2.05) is 0 Å². The molecule has 0 radical (unpaired) electrons. The molecule has 1 aromatic carbocycles. The number of carbonyl (C=O) groups is 1. The van der Waals surface area contributed by atoms with Gasteiger partial charge in [-0.1, -0.05) is 18.0 Å². The number of nitrogens with two attached hydrogens (primary N) is 1. The molecule has 0 unspecified atom stereocenters. The second kappa shape index (κ2) is 8.89. The SMILES string of the molecule is Cl.N[C@@H]1CCC[C@H]1CC(=O)N1CCN(S(=O)(=O)c2ccc(Cl)cc2)CC1. The van der Waals surface area contributed by atoms with Crippen molar-refractivity contribution in [2.45, 2.75) is 36.6 Å². The van der Waals surface area contributed by atoms with Gasteiger partial charge in [-0.3, -0.25) is 4.79 Å². The number of hydrogen-bond donors (Lipinski definition) is 1. The summed E-state index contributed by atoms with van der Waals surface area (Å²) in [6, 6.07) is 6.28. The predicted molar refractivity (Wildman–Crippen MR) is 104 cm³/mol. The summed E-state index contributed by atoms with van der Waals surface area (Å²) in [6.07, 6.45) is 3.57. The average molecular weight is 422 g/mol. The van der Waals surface area contributed by atoms with Crippen molar-refractivity contribution in [2.24, 2.45) is 11.7 Å². The van der Waals surface area contributed by atoms with Crippen LogP contribution in [0.4, 0.5) is 0 Å². The lowest BCUT2D eigenvalue weighted by molar-refractivity contribution is -0.133. The van der Waals surface area contributed by atoms with Crippen LogP contribution in [0.5, 0.6) is 0 Å². The van der Waals surface area contributed by atoms with Crippen LogP contribution >= 0.6 is 24.0 Å². The molecule has 1 saturated carbocycles. The summed E-state index contributed by atoms with van der Waals surface area (Å²) in [5.41, 5.74) is 6.04. The van der Waals surface area contributed by atoms with E-state index >= 15 is 0 Å². The fourth-order valence-corrected chi connectivity index (χ4v) is 5.15. The molecule has 1 heterocycles. The van der Waals surface area contributed by atoms with Gasteiger partial charge in [-0.05, 0) is 43.0 Å². The molecule has 146 valence electrons. The maximum absolute atomic E-state index is 12.7. The van der Waals surface area contributed by atoms with E-state index in [-0.39, 0.29) is 35.2 Å². The second-order valence-electron chi connectivity index (χ2n) is 6.80. The number of rotatable bonds is 4. The van der Waals surface area contributed by atoms with E-state index in [1.165, 1.54) is 16.4 Å². The molecule has 3 rings (SSSR count). The molecule has 1 aromatic rings. The summed E-state index contributed by atoms with van der Waals surface area (Å²) in [5.74, 6) is 0.356. The van der Waals surface area contributed by atoms with Crippen molar-refractivity contribution in [2.75, 3.05) is 26.2 Å². The van der Waals surface area contributed by atoms with E-state index in [1.54, 1.807) is 17.0 Å². The van der Waals surface area contributed by atoms with E-state index in [9.17, 15) is 13.2 Å². The molecule has 1 amide bonds. The Bertz CT molecular complexity index is 719. The van der Waals surface area contributed by atoms with Gasteiger partial charge in [-0.15, -0.1) is 12.4 Å². The standard InChI is InChI=1S/C17H24ClN3O3S.ClH/c18-14-4-6-15(7-5-14)25(23,24)21-10-8-20(9-11-21)17(22)12-13-2-1-3-16(13)19;/h4-7,13,16H,1-3,8-12,19H2;1H/t13-,16+;/m0./s1. The zero-order valence-electron chi connectivity index (χ0n) is 14.5. The lowest BCUT2D eigenvalue weighted by Crippen LogP contribution is -2.51. The van der Waals surface area contributed by atoms with Crippen LogP contribution in [-0.2, 0) is 14.8 Å². The van der Waals surface area contributed by atoms with E-state index in [4.69, 9.17) is 17.3 Å². The normalized spacial score (nSPS) is 24.3. The smallest absolute Gasteiger partial charge is 0.243 e. The number of nitrogens with zero attached hydrogens (tertiary/aromatic N) is 2. The molecule has 0 aromatic heterocycles. The number of sulfonamides is 1. The van der Waals surface area contributed by atoms with E-state index < -0.39 is 10.0 Å². The summed E-state index contributed by atoms with van der Waals surface area (Å²) in [4.78, 5) is 14.4. The van der Waals surface area contributed by atoms with Crippen LogP contribution in [0.2, 0.25) is 5.02 Å². The molecule has 26 heavy (non-hydrogen) atoms. The third-order valence-corrected chi connectivity index (χ3v) is 7.36. The van der Waals surface area contributed by atoms with E-state index in [0.29, 0.717) is 37.6 Å². The minimum atomic E-state index is -3.54. The summed E-state index contributed by atoms with van der Waals surface area (Å²) < 4.78 is 26.8. The van der Waals surface area contributed by atoms with Crippen molar-refractivity contribution in [3.63, 3.8) is 0 Å². The number of benzene rings is 1. The van der Waals surface area contributed by atoms with Gasteiger partial charge in [0.05, 0.1) is 4.90 Å². The van der Waals surface area contributed by atoms with Gasteiger partial charge in [0.25, 0.3) is 0 Å². The topological polar surface area (TPSA) is 83.7 Å². The van der Waals surface area contributed by atoms with E-state index in [0.717, 1.165) is 19.3 Å². The quantitative estimate of drug-likeness (QED) is 0.806. The minimum absolute atomic E-state index is 0. The highest BCUT2D eigenvalue weighted by atomic mass is 35.5. The van der Waals surface area contributed by atoms with Gasteiger partial charge in [0.2, 0.25) is 15.9 Å². The van der Waals surface area contributed by atoms with E-state index in [2.05, 4.69) is 0 Å². The highest BCUT2D eigenvalue weighted by Gasteiger charge is 2.32. The maximum Gasteiger partial charge on any atom is 0.243 e. The van der Waals surface area contributed by atoms with Crippen LogP contribution in [0.3, 0.4) is 0 Å². The van der Waals surface area contributed by atoms with Crippen molar-refractivity contribution in [3.05, 3.63) is 29.3 Å². The van der Waals surface area contributed by atoms with Gasteiger partial charge < -0.3 is 10.6 Å². The lowest BCUT2D eigenvalue weighted by atomic mass is 9.99. The van der Waals surface area contributed by atoms with Crippen LogP contribution < -0.4 is 5.73 Å². The van der Waals surface area contributed by atoms with Crippen LogP contribution in [0.1, 0.15) is 25.7 Å². The van der Waals surface area contributed by atoms with Gasteiger partial charge >= 0.3 is 0 Å². The molecule has 1 saturated heterocycles. The fourth-order valence-electron chi connectivity index (χ4n) is 3.61. The molecular formula is C17H25Cl2N3O3S. The van der Waals surface area contributed by atoms with Crippen molar-refractivity contribution in [3.8, 4) is 0 Å². The zero-order chi connectivity index (χ0) is 18.0. The van der Waals surface area contributed by atoms with Crippen molar-refractivity contribution in [1.29, 1.82) is 0 Å². The molecular weight excluding hydrogens is 397 g/mol. The first-order chi connectivity index (χ1) is 11.9. The molecule has 6 nitrogen and oxygen atoms in total. The summed E-state index contributed by atoms with van der Waals surface area (Å²) >= 11 is 5.82. The Hall–Kier alpha value is -0.860. The summed E-state index contributed by atoms with van der Waals surface area (Å²) in [7, 11) is -3.54. The first-order valence-corrected chi connectivity index (χ1v) is 10.5. The third-order valence-electron chi connectivity index (χ3n) is 5.20. The Kier molecular flexibility index (Phi) is 7.33. The Labute approximate surface area is 166 Å². The van der Waals surface area contributed by atoms with Crippen LogP contribution in [0.15, 0.2) is 29.2 Å². The number of halogens is 2. The van der Waals surface area contributed by atoms with Gasteiger partial charge in [0, 0.05) is 43.7 Å². The average Bonchev–Trinajstić information content (AvgIpc) is 3.00. The number of amides is 1. The minimum Gasteiger partial charge on any atom is -0.340 e. The molecule has 0 bridgehead atoms. The maximum atomic E-state index is 12.7. The molecule has 1 aliphatic carbocycles. The van der Waals surface area contributed by atoms with Gasteiger partial charge in [0.15, 0.2) is 0 Å². The lowest BCUT2D eigenvalue weighted by Gasteiger charge is -2.34. The molecule has 2 aliphatic rings. The molecule has 1 aliphatic heterocycles. The van der Waals surface area contributed by atoms with Gasteiger partial charge in [0.1, 0.15) is 0 Å². The zero-order valence-corrected chi connectivity index (χ0v) is 16.9.